The van der Waals surface area contributed by atoms with Gasteiger partial charge < -0.3 is 24.8 Å². The van der Waals surface area contributed by atoms with Gasteiger partial charge in [0, 0.05) is 65.0 Å². The highest BCUT2D eigenvalue weighted by molar-refractivity contribution is 14.0. The lowest BCUT2D eigenvalue weighted by atomic mass is 10.1. The maximum atomic E-state index is 5.97. The lowest BCUT2D eigenvalue weighted by Crippen LogP contribution is -2.44. The number of anilines is 1. The van der Waals surface area contributed by atoms with Gasteiger partial charge in [0.2, 0.25) is 0 Å². The molecule has 3 heterocycles. The van der Waals surface area contributed by atoms with Gasteiger partial charge >= 0.3 is 0 Å². The van der Waals surface area contributed by atoms with E-state index in [1.54, 1.807) is 0 Å². The number of hydrogen-bond acceptors (Lipinski definition) is 5. The molecule has 1 N–H and O–H groups in total. The fourth-order valence-corrected chi connectivity index (χ4v) is 4.37. The van der Waals surface area contributed by atoms with E-state index in [4.69, 9.17) is 4.74 Å². The van der Waals surface area contributed by atoms with Crippen LogP contribution in [0, 0.1) is 5.92 Å². The summed E-state index contributed by atoms with van der Waals surface area (Å²) in [4.78, 5) is 16.2. The van der Waals surface area contributed by atoms with Gasteiger partial charge in [-0.3, -0.25) is 4.99 Å². The van der Waals surface area contributed by atoms with E-state index in [1.807, 2.05) is 19.3 Å². The maximum Gasteiger partial charge on any atom is 0.193 e. The van der Waals surface area contributed by atoms with Crippen LogP contribution in [0.15, 0.2) is 53.7 Å². The predicted molar refractivity (Wildman–Crippen MR) is 145 cm³/mol. The van der Waals surface area contributed by atoms with Crippen molar-refractivity contribution in [1.82, 2.24) is 20.1 Å². The highest BCUT2D eigenvalue weighted by Crippen LogP contribution is 2.18. The second kappa shape index (κ2) is 13.1. The number of hydrogen-bond donors (Lipinski definition) is 1. The van der Waals surface area contributed by atoms with Crippen LogP contribution in [-0.2, 0) is 17.9 Å². The third-order valence-electron chi connectivity index (χ3n) is 6.35. The van der Waals surface area contributed by atoms with E-state index in [0.29, 0.717) is 12.5 Å². The summed E-state index contributed by atoms with van der Waals surface area (Å²) in [6, 6.07) is 14.7. The molecule has 0 bridgehead atoms. The summed E-state index contributed by atoms with van der Waals surface area (Å²) in [6.07, 6.45) is 3.06. The minimum Gasteiger partial charge on any atom is -0.376 e. The Kier molecular flexibility index (Phi) is 10.2. The molecule has 8 heteroatoms. The van der Waals surface area contributed by atoms with Crippen molar-refractivity contribution in [3.8, 4) is 0 Å². The third-order valence-corrected chi connectivity index (χ3v) is 6.35. The van der Waals surface area contributed by atoms with Gasteiger partial charge in [-0.2, -0.15) is 0 Å². The van der Waals surface area contributed by atoms with E-state index in [0.717, 1.165) is 70.6 Å². The molecule has 4 rings (SSSR count). The van der Waals surface area contributed by atoms with Crippen LogP contribution in [0.1, 0.15) is 17.5 Å². The molecule has 1 atom stereocenters. The molecule has 0 spiro atoms. The number of likely N-dealkylation sites (tertiary alicyclic amines) is 1. The number of piperazine rings is 1. The van der Waals surface area contributed by atoms with Crippen LogP contribution < -0.4 is 10.2 Å². The molecule has 2 saturated heterocycles. The van der Waals surface area contributed by atoms with Gasteiger partial charge in [-0.15, -0.1) is 24.0 Å². The molecule has 1 unspecified atom stereocenters. The molecule has 1 aromatic heterocycles. The molecule has 7 nitrogen and oxygen atoms in total. The summed E-state index contributed by atoms with van der Waals surface area (Å²) < 4.78 is 5.97. The number of benzene rings is 1. The van der Waals surface area contributed by atoms with Gasteiger partial charge in [-0.05, 0) is 36.7 Å². The Balaban J connectivity index is 0.00000306. The summed E-state index contributed by atoms with van der Waals surface area (Å²) in [5.41, 5.74) is 2.46. The predicted octanol–water partition coefficient (Wildman–Crippen LogP) is 3.07. The normalized spacial score (nSPS) is 19.5. The van der Waals surface area contributed by atoms with Crippen molar-refractivity contribution in [3.05, 3.63) is 59.8 Å². The van der Waals surface area contributed by atoms with Crippen molar-refractivity contribution in [2.24, 2.45) is 10.9 Å². The van der Waals surface area contributed by atoms with Crippen LogP contribution in [0.5, 0.6) is 0 Å². The Hall–Kier alpha value is -1.91. The fraction of sp³-hybridized carbons (Fsp3) is 0.520. The lowest BCUT2D eigenvalue weighted by Gasteiger charge is -2.33. The minimum absolute atomic E-state index is 0. The van der Waals surface area contributed by atoms with E-state index in [-0.39, 0.29) is 24.0 Å². The number of nitrogens with one attached hydrogen (secondary N) is 1. The zero-order valence-corrected chi connectivity index (χ0v) is 22.2. The first-order chi connectivity index (χ1) is 15.7. The van der Waals surface area contributed by atoms with E-state index in [2.05, 4.69) is 73.4 Å². The molecule has 180 valence electrons. The van der Waals surface area contributed by atoms with E-state index in [9.17, 15) is 0 Å². The number of rotatable bonds is 7. The van der Waals surface area contributed by atoms with Crippen LogP contribution in [0.25, 0.3) is 0 Å². The Labute approximate surface area is 215 Å². The van der Waals surface area contributed by atoms with Gasteiger partial charge in [0.1, 0.15) is 5.82 Å². The summed E-state index contributed by atoms with van der Waals surface area (Å²) in [5, 5.41) is 3.55. The van der Waals surface area contributed by atoms with E-state index >= 15 is 0 Å². The topological polar surface area (TPSA) is 56.2 Å². The van der Waals surface area contributed by atoms with Gasteiger partial charge in [0.05, 0.1) is 13.2 Å². The maximum absolute atomic E-state index is 5.97. The third kappa shape index (κ3) is 7.55. The second-order valence-corrected chi connectivity index (χ2v) is 8.81. The lowest BCUT2D eigenvalue weighted by molar-refractivity contribution is 0.0906. The van der Waals surface area contributed by atoms with Crippen LogP contribution in [0.3, 0.4) is 0 Å². The quantitative estimate of drug-likeness (QED) is 0.317. The highest BCUT2D eigenvalue weighted by atomic mass is 127. The molecule has 2 aliphatic rings. The molecule has 2 aromatic rings. The summed E-state index contributed by atoms with van der Waals surface area (Å²) >= 11 is 0. The van der Waals surface area contributed by atoms with Crippen molar-refractivity contribution in [2.75, 3.05) is 64.9 Å². The Morgan fingerprint density at radius 2 is 1.88 bits per heavy atom. The number of nitrogens with zero attached hydrogens (tertiary/aromatic N) is 5. The molecule has 0 aliphatic carbocycles. The second-order valence-electron chi connectivity index (χ2n) is 8.81. The Morgan fingerprint density at radius 3 is 2.64 bits per heavy atom. The molecular formula is C25H37IN6O. The van der Waals surface area contributed by atoms with Gasteiger partial charge in [-0.25, -0.2) is 4.98 Å². The smallest absolute Gasteiger partial charge is 0.193 e. The molecule has 0 amide bonds. The largest absolute Gasteiger partial charge is 0.376 e. The molecular weight excluding hydrogens is 527 g/mol. The SMILES string of the molecule is CN=C(NCc1ccnc(N2CCN(C)CC2)c1)N1CCC(COCc2ccccc2)C1.I. The fourth-order valence-electron chi connectivity index (χ4n) is 4.37. The molecule has 33 heavy (non-hydrogen) atoms. The number of pyridine rings is 1. The Morgan fingerprint density at radius 1 is 1.09 bits per heavy atom. The highest BCUT2D eigenvalue weighted by Gasteiger charge is 2.25. The van der Waals surface area contributed by atoms with Crippen molar-refractivity contribution in [1.29, 1.82) is 0 Å². The molecule has 1 aromatic carbocycles. The summed E-state index contributed by atoms with van der Waals surface area (Å²) in [6.45, 7) is 8.46. The monoisotopic (exact) mass is 564 g/mol. The minimum atomic E-state index is 0. The standard InChI is InChI=1S/C25H36N6O.HI/c1-26-25(31-11-9-23(18-31)20-32-19-21-6-4-3-5-7-21)28-17-22-8-10-27-24(16-22)30-14-12-29(2)13-15-30;/h3-8,10,16,23H,9,11-15,17-20H2,1-2H3,(H,26,28);1H. The molecule has 0 radical (unpaired) electrons. The van der Waals surface area contributed by atoms with E-state index < -0.39 is 0 Å². The van der Waals surface area contributed by atoms with Gasteiger partial charge in [0.25, 0.3) is 0 Å². The zero-order valence-electron chi connectivity index (χ0n) is 19.8. The molecule has 2 fully saturated rings. The van der Waals surface area contributed by atoms with Gasteiger partial charge in [-0.1, -0.05) is 30.3 Å². The first-order valence-electron chi connectivity index (χ1n) is 11.7. The number of aromatic nitrogens is 1. The molecule has 0 saturated carbocycles. The van der Waals surface area contributed by atoms with Crippen LogP contribution in [0.2, 0.25) is 0 Å². The van der Waals surface area contributed by atoms with Crippen molar-refractivity contribution in [3.63, 3.8) is 0 Å². The van der Waals surface area contributed by atoms with Crippen molar-refractivity contribution in [2.45, 2.75) is 19.6 Å². The summed E-state index contributed by atoms with van der Waals surface area (Å²) in [5.74, 6) is 2.58. The number of likely N-dealkylation sites (N-methyl/N-ethyl adjacent to an activating group) is 1. The first kappa shape index (κ1) is 25.7. The van der Waals surface area contributed by atoms with Crippen molar-refractivity contribution < 1.29 is 4.74 Å². The Bertz CT molecular complexity index is 872. The number of aliphatic imine (C=N–C) groups is 1. The molecule has 2 aliphatic heterocycles. The van der Waals surface area contributed by atoms with Crippen LogP contribution >= 0.6 is 24.0 Å². The van der Waals surface area contributed by atoms with E-state index in [1.165, 1.54) is 11.1 Å². The van der Waals surface area contributed by atoms with Gasteiger partial charge in [0.15, 0.2) is 5.96 Å². The first-order valence-corrected chi connectivity index (χ1v) is 11.7. The van der Waals surface area contributed by atoms with Crippen LogP contribution in [-0.4, -0.2) is 80.7 Å². The number of halogens is 1. The van der Waals surface area contributed by atoms with Crippen LogP contribution in [0.4, 0.5) is 5.82 Å². The average molecular weight is 565 g/mol. The zero-order chi connectivity index (χ0) is 22.2. The average Bonchev–Trinajstić information content (AvgIpc) is 3.29. The number of ether oxygens (including phenoxy) is 1. The summed E-state index contributed by atoms with van der Waals surface area (Å²) in [7, 11) is 4.04. The number of guanidine groups is 1. The van der Waals surface area contributed by atoms with Crippen molar-refractivity contribution >= 4 is 35.8 Å².